The first-order valence-electron chi connectivity index (χ1n) is 7.18. The van der Waals surface area contributed by atoms with Crippen molar-refractivity contribution < 1.29 is 9.18 Å². The number of nitrogens with one attached hydrogen (secondary N) is 3. The average molecular weight is 381 g/mol. The minimum atomic E-state index is -0.438. The molecule has 2 heterocycles. The second-order valence-corrected chi connectivity index (χ2v) is 6.41. The van der Waals surface area contributed by atoms with Gasteiger partial charge in [-0.3, -0.25) is 10.7 Å². The van der Waals surface area contributed by atoms with Gasteiger partial charge in [-0.05, 0) is 30.3 Å². The normalized spacial score (nSPS) is 10.7. The molecule has 3 rings (SSSR count). The molecule has 7 nitrogen and oxygen atoms in total. The van der Waals surface area contributed by atoms with Crippen LogP contribution in [0.25, 0.3) is 10.3 Å². The first-order valence-corrected chi connectivity index (χ1v) is 8.37. The fraction of sp³-hybridized carbons (Fsp3) is 0.133. The highest BCUT2D eigenvalue weighted by Gasteiger charge is 2.14. The van der Waals surface area contributed by atoms with Crippen molar-refractivity contribution in [3.63, 3.8) is 0 Å². The summed E-state index contributed by atoms with van der Waals surface area (Å²) in [6.45, 7) is 0. The molecule has 0 radical (unpaired) electrons. The van der Waals surface area contributed by atoms with Crippen molar-refractivity contribution >= 4 is 56.0 Å². The molecule has 2 amide bonds. The fourth-order valence-electron chi connectivity index (χ4n) is 2.17. The van der Waals surface area contributed by atoms with Gasteiger partial charge < -0.3 is 4.90 Å². The summed E-state index contributed by atoms with van der Waals surface area (Å²) in [7, 11) is 3.29. The Balaban J connectivity index is 1.88. The second kappa shape index (κ2) is 7.18. The van der Waals surface area contributed by atoms with Crippen molar-refractivity contribution in [3.8, 4) is 0 Å². The number of urea groups is 1. The molecule has 2 aromatic heterocycles. The van der Waals surface area contributed by atoms with Crippen LogP contribution in [0.2, 0.25) is 5.02 Å². The monoisotopic (exact) mass is 380 g/mol. The van der Waals surface area contributed by atoms with E-state index in [4.69, 9.17) is 11.6 Å². The topological polar surface area (TPSA) is 82.2 Å². The molecule has 0 unspecified atom stereocenters. The van der Waals surface area contributed by atoms with Crippen LogP contribution in [0, 0.1) is 5.82 Å². The highest BCUT2D eigenvalue weighted by Crippen LogP contribution is 2.30. The quantitative estimate of drug-likeness (QED) is 0.603. The van der Waals surface area contributed by atoms with E-state index >= 15 is 0 Å². The number of carbonyl (C=O) groups excluding carboxylic acids is 1. The van der Waals surface area contributed by atoms with Crippen molar-refractivity contribution in [2.45, 2.75) is 0 Å². The van der Waals surface area contributed by atoms with Gasteiger partial charge in [-0.2, -0.15) is 0 Å². The number of hydrogen-bond acceptors (Lipinski definition) is 6. The van der Waals surface area contributed by atoms with Gasteiger partial charge in [-0.1, -0.05) is 22.9 Å². The highest BCUT2D eigenvalue weighted by atomic mass is 35.5. The van der Waals surface area contributed by atoms with Gasteiger partial charge in [0.15, 0.2) is 5.13 Å². The number of nitrogens with zero attached hydrogens (tertiary/aromatic N) is 3. The van der Waals surface area contributed by atoms with Gasteiger partial charge >= 0.3 is 6.03 Å². The van der Waals surface area contributed by atoms with E-state index in [0.29, 0.717) is 32.0 Å². The molecule has 0 saturated carbocycles. The van der Waals surface area contributed by atoms with E-state index in [2.05, 4.69) is 26.1 Å². The number of thiazole rings is 1. The number of carbonyl (C=O) groups is 1. The van der Waals surface area contributed by atoms with Gasteiger partial charge in [0.25, 0.3) is 0 Å². The third-order valence-corrected chi connectivity index (χ3v) is 4.43. The van der Waals surface area contributed by atoms with E-state index in [0.717, 1.165) is 0 Å². The zero-order valence-electron chi connectivity index (χ0n) is 13.3. The second-order valence-electron chi connectivity index (χ2n) is 5.00. The number of halogens is 2. The molecule has 3 N–H and O–H groups in total. The van der Waals surface area contributed by atoms with Crippen molar-refractivity contribution in [2.24, 2.45) is 0 Å². The Bertz CT molecular complexity index is 934. The number of hydrogen-bond donors (Lipinski definition) is 3. The Hall–Kier alpha value is -2.49. The molecule has 0 bridgehead atoms. The molecule has 0 spiro atoms. The number of rotatable bonds is 4. The van der Waals surface area contributed by atoms with Crippen LogP contribution >= 0.6 is 22.9 Å². The van der Waals surface area contributed by atoms with Crippen LogP contribution < -0.4 is 21.1 Å². The van der Waals surface area contributed by atoms with Crippen molar-refractivity contribution in [3.05, 3.63) is 41.2 Å². The lowest BCUT2D eigenvalue weighted by Gasteiger charge is -2.18. The number of amides is 2. The lowest BCUT2D eigenvalue weighted by Crippen LogP contribution is -2.37. The van der Waals surface area contributed by atoms with Gasteiger partial charge in [0.2, 0.25) is 0 Å². The highest BCUT2D eigenvalue weighted by molar-refractivity contribution is 7.22. The Morgan fingerprint density at radius 1 is 1.28 bits per heavy atom. The number of aromatic nitrogens is 2. The summed E-state index contributed by atoms with van der Waals surface area (Å²) in [6, 6.07) is 7.52. The zero-order chi connectivity index (χ0) is 18.0. The molecule has 25 heavy (non-hydrogen) atoms. The zero-order valence-corrected chi connectivity index (χ0v) is 14.9. The van der Waals surface area contributed by atoms with Crippen LogP contribution in [0.1, 0.15) is 0 Å². The van der Waals surface area contributed by atoms with E-state index in [-0.39, 0.29) is 0 Å². The SMILES string of the molecule is CNNC(=O)Nc1nc2ccc(N(C)c3ccc(Cl)cc3F)nc2s1. The van der Waals surface area contributed by atoms with Gasteiger partial charge in [0.1, 0.15) is 22.0 Å². The molecule has 10 heteroatoms. The van der Waals surface area contributed by atoms with Crippen LogP contribution in [0.4, 0.5) is 25.8 Å². The summed E-state index contributed by atoms with van der Waals surface area (Å²) >= 11 is 7.01. The smallest absolute Gasteiger partial charge is 0.327 e. The molecule has 130 valence electrons. The lowest BCUT2D eigenvalue weighted by atomic mass is 10.2. The van der Waals surface area contributed by atoms with Crippen LogP contribution in [0.15, 0.2) is 30.3 Å². The van der Waals surface area contributed by atoms with Crippen molar-refractivity contribution in [1.82, 2.24) is 20.8 Å². The van der Waals surface area contributed by atoms with Crippen LogP contribution in [0.5, 0.6) is 0 Å². The summed E-state index contributed by atoms with van der Waals surface area (Å²) in [4.78, 5) is 22.5. The van der Waals surface area contributed by atoms with E-state index in [1.165, 1.54) is 17.4 Å². The van der Waals surface area contributed by atoms with Crippen molar-refractivity contribution in [2.75, 3.05) is 24.3 Å². The molecule has 1 aromatic carbocycles. The number of hydrazine groups is 1. The van der Waals surface area contributed by atoms with Gasteiger partial charge in [0, 0.05) is 19.1 Å². The van der Waals surface area contributed by atoms with E-state index in [1.54, 1.807) is 43.3 Å². The van der Waals surface area contributed by atoms with E-state index in [1.807, 2.05) is 0 Å². The maximum atomic E-state index is 14.1. The van der Waals surface area contributed by atoms with Crippen LogP contribution in [0.3, 0.4) is 0 Å². The molecule has 0 saturated heterocycles. The first-order chi connectivity index (χ1) is 12.0. The largest absolute Gasteiger partial charge is 0.335 e. The summed E-state index contributed by atoms with van der Waals surface area (Å²) in [6.07, 6.45) is 0. The maximum Gasteiger partial charge on any atom is 0.335 e. The minimum absolute atomic E-state index is 0.330. The summed E-state index contributed by atoms with van der Waals surface area (Å²) < 4.78 is 14.1. The van der Waals surface area contributed by atoms with E-state index < -0.39 is 11.8 Å². The molecule has 3 aromatic rings. The predicted octanol–water partition coefficient (Wildman–Crippen LogP) is 3.51. The molecule has 0 aliphatic heterocycles. The Morgan fingerprint density at radius 3 is 2.80 bits per heavy atom. The molecule has 0 atom stereocenters. The third-order valence-electron chi connectivity index (χ3n) is 3.31. The lowest BCUT2D eigenvalue weighted by molar-refractivity contribution is 0.249. The predicted molar refractivity (Wildman–Crippen MR) is 98.1 cm³/mol. The Morgan fingerprint density at radius 2 is 2.08 bits per heavy atom. The van der Waals surface area contributed by atoms with Gasteiger partial charge in [-0.15, -0.1) is 0 Å². The van der Waals surface area contributed by atoms with Crippen molar-refractivity contribution in [1.29, 1.82) is 0 Å². The number of anilines is 3. The summed E-state index contributed by atoms with van der Waals surface area (Å²) in [5, 5.41) is 3.33. The van der Waals surface area contributed by atoms with Gasteiger partial charge in [0.05, 0.1) is 5.69 Å². The number of fused-ring (bicyclic) bond motifs is 1. The molecule has 0 fully saturated rings. The minimum Gasteiger partial charge on any atom is -0.327 e. The summed E-state index contributed by atoms with van der Waals surface area (Å²) in [5.41, 5.74) is 5.90. The molecular weight excluding hydrogens is 367 g/mol. The van der Waals surface area contributed by atoms with Gasteiger partial charge in [-0.25, -0.2) is 24.6 Å². The first kappa shape index (κ1) is 17.3. The Labute approximate surface area is 151 Å². The number of benzene rings is 1. The van der Waals surface area contributed by atoms with Crippen LogP contribution in [-0.2, 0) is 0 Å². The fourth-order valence-corrected chi connectivity index (χ4v) is 3.15. The maximum absolute atomic E-state index is 14.1. The standard InChI is InChI=1S/C15H14ClFN6OS/c1-18-22-14(24)21-15-19-10-4-6-12(20-13(10)25-15)23(2)11-5-3-8(16)7-9(11)17/h3-7,18H,1-2H3,(H2,19,21,22,24). The summed E-state index contributed by atoms with van der Waals surface area (Å²) in [5.74, 6) is 0.107. The molecule has 0 aliphatic carbocycles. The van der Waals surface area contributed by atoms with E-state index in [9.17, 15) is 9.18 Å². The Kier molecular flexibility index (Phi) is 4.98. The number of pyridine rings is 1. The average Bonchev–Trinajstić information content (AvgIpc) is 2.95. The molecule has 0 aliphatic rings. The molecular formula is C15H14ClFN6OS. The third kappa shape index (κ3) is 3.78. The van der Waals surface area contributed by atoms with Crippen LogP contribution in [-0.4, -0.2) is 30.1 Å².